The van der Waals surface area contributed by atoms with Crippen LogP contribution in [0.1, 0.15) is 0 Å². The number of ether oxygens (including phenoxy) is 1. The number of halogens is 1. The average molecular weight is 512 g/mol. The number of benzene rings is 2. The van der Waals surface area contributed by atoms with Gasteiger partial charge in [-0.2, -0.15) is 0 Å². The molecule has 30 heavy (non-hydrogen) atoms. The van der Waals surface area contributed by atoms with Crippen LogP contribution in [-0.2, 0) is 0 Å². The van der Waals surface area contributed by atoms with Crippen molar-refractivity contribution in [1.82, 2.24) is 15.3 Å². The van der Waals surface area contributed by atoms with Gasteiger partial charge < -0.3 is 0 Å². The van der Waals surface area contributed by atoms with Crippen molar-refractivity contribution in [3.63, 3.8) is 0 Å². The number of hydrogen-bond acceptors (Lipinski definition) is 6. The van der Waals surface area contributed by atoms with E-state index < -0.39 is 0 Å². The number of alkyl halides is 1. The number of aromatic nitrogens is 2. The molecule has 4 N–H and O–H groups in total. The number of para-hydroxylation sites is 1. The van der Waals surface area contributed by atoms with E-state index in [2.05, 4.69) is 31.5 Å². The van der Waals surface area contributed by atoms with Gasteiger partial charge in [0.1, 0.15) is 0 Å². The zero-order valence-electron chi connectivity index (χ0n) is 16.4. The normalized spacial score (nSPS) is 24.3. The Bertz CT molecular complexity index is 1060. The second kappa shape index (κ2) is 7.88. The molecule has 2 aromatic carbocycles. The molecule has 0 amide bonds. The van der Waals surface area contributed by atoms with Crippen molar-refractivity contribution in [2.75, 3.05) is 22.4 Å². The number of piperidine rings is 1. The van der Waals surface area contributed by atoms with Crippen LogP contribution in [0.3, 0.4) is 0 Å². The van der Waals surface area contributed by atoms with Gasteiger partial charge in [0.15, 0.2) is 0 Å². The Kier molecular flexibility index (Phi) is 5.08. The molecule has 154 valence electrons. The molecule has 1 aliphatic heterocycles. The first-order valence-electron chi connectivity index (χ1n) is 9.88. The number of rotatable bonds is 7. The maximum atomic E-state index is 6.24. The fourth-order valence-corrected chi connectivity index (χ4v) is 7.85. The van der Waals surface area contributed by atoms with E-state index in [0.29, 0.717) is 15.7 Å². The molecule has 1 aromatic heterocycles. The number of nitrogen functional groups attached to an aromatic ring is 1. The van der Waals surface area contributed by atoms with Gasteiger partial charge in [0.05, 0.1) is 0 Å². The first kappa shape index (κ1) is 19.3. The van der Waals surface area contributed by atoms with Crippen LogP contribution < -0.4 is 40.8 Å². The van der Waals surface area contributed by atoms with Gasteiger partial charge in [-0.25, -0.2) is 0 Å². The zero-order chi connectivity index (χ0) is 20.6. The Morgan fingerprint density at radius 1 is 1.13 bits per heavy atom. The second-order valence-corrected chi connectivity index (χ2v) is 10.1. The van der Waals surface area contributed by atoms with Crippen LogP contribution in [0.4, 0.5) is 11.6 Å². The minimum atomic E-state index is -0.287. The van der Waals surface area contributed by atoms with Crippen molar-refractivity contribution in [1.29, 1.82) is 0 Å². The third-order valence-electron chi connectivity index (χ3n) is 5.88. The van der Waals surface area contributed by atoms with E-state index in [1.807, 2.05) is 54.6 Å². The summed E-state index contributed by atoms with van der Waals surface area (Å²) in [5, 5.41) is 3.47. The summed E-state index contributed by atoms with van der Waals surface area (Å²) in [4.78, 5) is 8.72. The number of anilines is 2. The van der Waals surface area contributed by atoms with Crippen molar-refractivity contribution >= 4 is 11.6 Å². The van der Waals surface area contributed by atoms with E-state index >= 15 is 0 Å². The molecule has 5 rings (SSSR count). The SMILES string of the molecule is C=C[C@]12CNC[C@H]1[C@@H]2[I-]Nc1ncnc(N)c1-c1ccc(Oc2ccccc2)cc1. The molecule has 6 nitrogen and oxygen atoms in total. The molecule has 0 bridgehead atoms. The van der Waals surface area contributed by atoms with Crippen LogP contribution in [-0.4, -0.2) is 27.0 Å². The predicted molar refractivity (Wildman–Crippen MR) is 115 cm³/mol. The molecule has 0 unspecified atom stereocenters. The maximum absolute atomic E-state index is 6.24. The van der Waals surface area contributed by atoms with Crippen LogP contribution in [0, 0.1) is 11.3 Å². The van der Waals surface area contributed by atoms with Gasteiger partial charge in [-0.05, 0) is 0 Å². The molecule has 0 radical (unpaired) electrons. The van der Waals surface area contributed by atoms with E-state index in [-0.39, 0.29) is 26.9 Å². The third-order valence-corrected chi connectivity index (χ3v) is 9.40. The summed E-state index contributed by atoms with van der Waals surface area (Å²) in [6.07, 6.45) is 3.67. The van der Waals surface area contributed by atoms with E-state index in [0.717, 1.165) is 41.5 Å². The van der Waals surface area contributed by atoms with E-state index in [9.17, 15) is 0 Å². The summed E-state index contributed by atoms with van der Waals surface area (Å²) < 4.78 is 10.2. The Morgan fingerprint density at radius 3 is 2.63 bits per heavy atom. The van der Waals surface area contributed by atoms with Crippen molar-refractivity contribution in [2.45, 2.75) is 3.92 Å². The Morgan fingerprint density at radius 2 is 1.90 bits per heavy atom. The first-order chi connectivity index (χ1) is 14.7. The molecule has 2 aliphatic rings. The van der Waals surface area contributed by atoms with Gasteiger partial charge in [0.2, 0.25) is 0 Å². The van der Waals surface area contributed by atoms with Gasteiger partial charge >= 0.3 is 187 Å². The van der Waals surface area contributed by atoms with Crippen molar-refractivity contribution < 1.29 is 26.2 Å². The number of hydrogen-bond donors (Lipinski definition) is 3. The van der Waals surface area contributed by atoms with Gasteiger partial charge in [-0.1, -0.05) is 0 Å². The fourth-order valence-electron chi connectivity index (χ4n) is 4.15. The zero-order valence-corrected chi connectivity index (χ0v) is 18.5. The van der Waals surface area contributed by atoms with E-state index in [1.165, 1.54) is 6.33 Å². The van der Waals surface area contributed by atoms with Crippen LogP contribution in [0.15, 0.2) is 73.6 Å². The summed E-state index contributed by atoms with van der Waals surface area (Å²) in [6, 6.07) is 17.6. The fraction of sp³-hybridized carbons (Fsp3) is 0.217. The first-order valence-corrected chi connectivity index (χ1v) is 12.2. The topological polar surface area (TPSA) is 85.1 Å². The third kappa shape index (κ3) is 3.41. The molecule has 2 heterocycles. The molecular weight excluding hydrogens is 489 g/mol. The Labute approximate surface area is 186 Å². The van der Waals surface area contributed by atoms with Crippen LogP contribution in [0.5, 0.6) is 11.5 Å². The van der Waals surface area contributed by atoms with Crippen LogP contribution >= 0.6 is 0 Å². The summed E-state index contributed by atoms with van der Waals surface area (Å²) in [5.41, 5.74) is 8.33. The van der Waals surface area contributed by atoms with Crippen LogP contribution in [0.25, 0.3) is 11.1 Å². The summed E-state index contributed by atoms with van der Waals surface area (Å²) in [5.74, 6) is 3.56. The van der Waals surface area contributed by atoms with Gasteiger partial charge in [-0.15, -0.1) is 0 Å². The van der Waals surface area contributed by atoms with Gasteiger partial charge in [-0.3, -0.25) is 0 Å². The minimum absolute atomic E-state index is 0.273. The summed E-state index contributed by atoms with van der Waals surface area (Å²) >= 11 is -0.287. The molecule has 7 heteroatoms. The number of nitrogens with one attached hydrogen (secondary N) is 2. The molecule has 3 aromatic rings. The number of nitrogens with two attached hydrogens (primary N) is 1. The van der Waals surface area contributed by atoms with E-state index in [1.54, 1.807) is 0 Å². The van der Waals surface area contributed by atoms with Crippen molar-refractivity contribution in [3.8, 4) is 22.6 Å². The second-order valence-electron chi connectivity index (χ2n) is 7.58. The standard InChI is InChI=1S/C23H23IN5O/c1-2-23-13-26-12-18(23)20(23)24-29-22-19(21(25)27-14-28-22)15-8-10-17(11-9-15)30-16-6-4-3-5-7-16/h2-11,14,18,20,26H,1,12-13H2,(H3,25,27,28,29)/q-1/t18-,20-,23-/m0/s1. The molecule has 1 aliphatic carbocycles. The summed E-state index contributed by atoms with van der Waals surface area (Å²) in [6.45, 7) is 6.19. The quantitative estimate of drug-likeness (QED) is 0.187. The predicted octanol–water partition coefficient (Wildman–Crippen LogP) is 0.708. The number of nitrogens with zero attached hydrogens (tertiary/aromatic N) is 2. The molecule has 1 saturated heterocycles. The molecule has 1 saturated carbocycles. The molecule has 3 atom stereocenters. The molecule has 2 fully saturated rings. The van der Waals surface area contributed by atoms with Gasteiger partial charge in [0.25, 0.3) is 0 Å². The molecule has 0 spiro atoms. The van der Waals surface area contributed by atoms with Crippen LogP contribution in [0.2, 0.25) is 0 Å². The number of fused-ring (bicyclic) bond motifs is 1. The summed E-state index contributed by atoms with van der Waals surface area (Å²) in [7, 11) is 0. The molecular formula is C23H23IN5O-. The monoisotopic (exact) mass is 512 g/mol. The average Bonchev–Trinajstić information content (AvgIpc) is 3.16. The Balaban J connectivity index is 1.34. The Hall–Kier alpha value is -2.65. The van der Waals surface area contributed by atoms with Gasteiger partial charge in [0, 0.05) is 0 Å². The van der Waals surface area contributed by atoms with Crippen molar-refractivity contribution in [3.05, 3.63) is 73.6 Å². The van der Waals surface area contributed by atoms with E-state index in [4.69, 9.17) is 10.5 Å². The van der Waals surface area contributed by atoms with Crippen molar-refractivity contribution in [2.24, 2.45) is 11.3 Å².